The molecule has 0 radical (unpaired) electrons. The fourth-order valence-electron chi connectivity index (χ4n) is 2.25. The number of fused-ring (bicyclic) bond motifs is 1. The van der Waals surface area contributed by atoms with Gasteiger partial charge in [-0.25, -0.2) is 4.98 Å². The molecule has 1 aromatic carbocycles. The van der Waals surface area contributed by atoms with Crippen molar-refractivity contribution in [3.05, 3.63) is 54.2 Å². The number of benzene rings is 1. The lowest BCUT2D eigenvalue weighted by atomic mass is 10.2. The summed E-state index contributed by atoms with van der Waals surface area (Å²) in [7, 11) is 0. The topological polar surface area (TPSA) is 22.8 Å². The standard InChI is InChI=1S/C14H13F2N3/c1-10-2-3-12-11(8-10)4-6-18(12)9-13-17-5-7-19(13)14(15)16/h2-8,14H,9H2,1H3. The van der Waals surface area contributed by atoms with Gasteiger partial charge in [-0.3, -0.25) is 4.57 Å². The third kappa shape index (κ3) is 2.12. The lowest BCUT2D eigenvalue weighted by Crippen LogP contribution is -2.08. The maximum atomic E-state index is 12.8. The number of nitrogens with zero attached hydrogens (tertiary/aromatic N) is 3. The fourth-order valence-corrected chi connectivity index (χ4v) is 2.25. The van der Waals surface area contributed by atoms with Crippen molar-refractivity contribution in [2.24, 2.45) is 0 Å². The van der Waals surface area contributed by atoms with Gasteiger partial charge in [-0.15, -0.1) is 0 Å². The summed E-state index contributed by atoms with van der Waals surface area (Å²) in [6.45, 7) is -0.189. The van der Waals surface area contributed by atoms with Crippen molar-refractivity contribution in [2.45, 2.75) is 20.0 Å². The summed E-state index contributed by atoms with van der Waals surface area (Å²) < 4.78 is 28.4. The molecule has 3 nitrogen and oxygen atoms in total. The minimum atomic E-state index is -2.55. The molecule has 0 spiro atoms. The highest BCUT2D eigenvalue weighted by Crippen LogP contribution is 2.20. The molecular formula is C14H13F2N3. The molecule has 0 atom stereocenters. The van der Waals surface area contributed by atoms with Gasteiger partial charge < -0.3 is 4.57 Å². The van der Waals surface area contributed by atoms with Crippen molar-refractivity contribution in [1.82, 2.24) is 14.1 Å². The SMILES string of the molecule is Cc1ccc2c(ccn2Cc2nccn2C(F)F)c1. The predicted molar refractivity (Wildman–Crippen MR) is 69.3 cm³/mol. The van der Waals surface area contributed by atoms with Crippen LogP contribution in [0.1, 0.15) is 17.9 Å². The molecule has 3 aromatic rings. The quantitative estimate of drug-likeness (QED) is 0.706. The van der Waals surface area contributed by atoms with Crippen LogP contribution in [0.15, 0.2) is 42.9 Å². The Morgan fingerprint density at radius 3 is 2.84 bits per heavy atom. The Bertz CT molecular complexity index is 712. The molecule has 0 saturated heterocycles. The van der Waals surface area contributed by atoms with Crippen LogP contribution < -0.4 is 0 Å². The minimum Gasteiger partial charge on any atom is -0.340 e. The number of halogens is 2. The third-order valence-electron chi connectivity index (χ3n) is 3.20. The van der Waals surface area contributed by atoms with Crippen molar-refractivity contribution in [3.63, 3.8) is 0 Å². The molecule has 2 aromatic heterocycles. The monoisotopic (exact) mass is 261 g/mol. The maximum Gasteiger partial charge on any atom is 0.319 e. The minimum absolute atomic E-state index is 0.337. The van der Waals surface area contributed by atoms with Gasteiger partial charge in [0, 0.05) is 24.1 Å². The number of rotatable bonds is 3. The molecule has 5 heteroatoms. The Labute approximate surface area is 109 Å². The van der Waals surface area contributed by atoms with Crippen LogP contribution in [-0.2, 0) is 6.54 Å². The van der Waals surface area contributed by atoms with Gasteiger partial charge in [0.1, 0.15) is 5.82 Å². The second kappa shape index (κ2) is 4.50. The van der Waals surface area contributed by atoms with Crippen LogP contribution in [0.3, 0.4) is 0 Å². The fraction of sp³-hybridized carbons (Fsp3) is 0.214. The molecule has 0 amide bonds. The maximum absolute atomic E-state index is 12.8. The first-order valence-corrected chi connectivity index (χ1v) is 6.00. The first kappa shape index (κ1) is 11.9. The zero-order valence-corrected chi connectivity index (χ0v) is 10.4. The normalized spacial score (nSPS) is 11.6. The Hall–Kier alpha value is -2.17. The van der Waals surface area contributed by atoms with Crippen LogP contribution in [0.2, 0.25) is 0 Å². The zero-order chi connectivity index (χ0) is 13.4. The van der Waals surface area contributed by atoms with E-state index in [1.807, 2.05) is 35.9 Å². The zero-order valence-electron chi connectivity index (χ0n) is 10.4. The largest absolute Gasteiger partial charge is 0.340 e. The van der Waals surface area contributed by atoms with E-state index in [1.54, 1.807) is 0 Å². The third-order valence-corrected chi connectivity index (χ3v) is 3.20. The first-order valence-electron chi connectivity index (χ1n) is 6.00. The summed E-state index contributed by atoms with van der Waals surface area (Å²) in [4.78, 5) is 4.00. The van der Waals surface area contributed by atoms with E-state index in [4.69, 9.17) is 0 Å². The van der Waals surface area contributed by atoms with Crippen LogP contribution in [0.25, 0.3) is 10.9 Å². The predicted octanol–water partition coefficient (Wildman–Crippen LogP) is 3.59. The van der Waals surface area contributed by atoms with E-state index in [0.717, 1.165) is 15.5 Å². The van der Waals surface area contributed by atoms with Crippen LogP contribution in [0.4, 0.5) is 8.78 Å². The number of hydrogen-bond donors (Lipinski definition) is 0. The second-order valence-corrected chi connectivity index (χ2v) is 4.53. The lowest BCUT2D eigenvalue weighted by Gasteiger charge is -2.08. The average Bonchev–Trinajstić information content (AvgIpc) is 2.97. The van der Waals surface area contributed by atoms with E-state index in [-0.39, 0.29) is 0 Å². The summed E-state index contributed by atoms with van der Waals surface area (Å²) in [5.74, 6) is 0.355. The first-order chi connectivity index (χ1) is 9.15. The van der Waals surface area contributed by atoms with Gasteiger partial charge in [0.15, 0.2) is 0 Å². The molecule has 0 aliphatic rings. The van der Waals surface area contributed by atoms with Crippen molar-refractivity contribution in [2.75, 3.05) is 0 Å². The number of hydrogen-bond acceptors (Lipinski definition) is 1. The van der Waals surface area contributed by atoms with Gasteiger partial charge in [0.05, 0.1) is 6.54 Å². The second-order valence-electron chi connectivity index (χ2n) is 4.53. The molecule has 0 aliphatic heterocycles. The Kier molecular flexibility index (Phi) is 2.81. The number of aromatic nitrogens is 3. The van der Waals surface area contributed by atoms with E-state index in [0.29, 0.717) is 12.4 Å². The van der Waals surface area contributed by atoms with Gasteiger partial charge in [-0.1, -0.05) is 11.6 Å². The lowest BCUT2D eigenvalue weighted by molar-refractivity contribution is 0.0667. The van der Waals surface area contributed by atoms with Gasteiger partial charge in [-0.05, 0) is 30.5 Å². The van der Waals surface area contributed by atoms with Crippen LogP contribution in [0, 0.1) is 6.92 Å². The van der Waals surface area contributed by atoms with Crippen LogP contribution >= 0.6 is 0 Å². The van der Waals surface area contributed by atoms with Gasteiger partial charge in [0.2, 0.25) is 0 Å². The Morgan fingerprint density at radius 2 is 2.05 bits per heavy atom. The average molecular weight is 261 g/mol. The summed E-state index contributed by atoms with van der Waals surface area (Å²) >= 11 is 0. The molecule has 0 aliphatic carbocycles. The number of imidazole rings is 1. The van der Waals surface area contributed by atoms with E-state index < -0.39 is 6.55 Å². The van der Waals surface area contributed by atoms with Crippen molar-refractivity contribution in [3.8, 4) is 0 Å². The highest BCUT2D eigenvalue weighted by atomic mass is 19.3. The molecule has 0 N–H and O–H groups in total. The summed E-state index contributed by atoms with van der Waals surface area (Å²) in [6, 6.07) is 8.07. The van der Waals surface area contributed by atoms with Crippen molar-refractivity contribution in [1.29, 1.82) is 0 Å². The number of aryl methyl sites for hydroxylation is 1. The molecule has 19 heavy (non-hydrogen) atoms. The molecule has 0 unspecified atom stereocenters. The molecule has 0 fully saturated rings. The molecule has 2 heterocycles. The van der Waals surface area contributed by atoms with E-state index in [1.165, 1.54) is 18.0 Å². The Morgan fingerprint density at radius 1 is 1.21 bits per heavy atom. The number of alkyl halides is 2. The molecule has 98 valence electrons. The van der Waals surface area contributed by atoms with E-state index in [2.05, 4.69) is 11.1 Å². The van der Waals surface area contributed by atoms with Gasteiger partial charge in [0.25, 0.3) is 0 Å². The Balaban J connectivity index is 1.99. The molecule has 3 rings (SSSR count). The highest BCUT2D eigenvalue weighted by Gasteiger charge is 2.12. The molecule has 0 saturated carbocycles. The van der Waals surface area contributed by atoms with E-state index in [9.17, 15) is 8.78 Å². The van der Waals surface area contributed by atoms with Crippen LogP contribution in [-0.4, -0.2) is 14.1 Å². The van der Waals surface area contributed by atoms with Crippen molar-refractivity contribution < 1.29 is 8.78 Å². The summed E-state index contributed by atoms with van der Waals surface area (Å²) in [5, 5.41) is 1.11. The van der Waals surface area contributed by atoms with Crippen LogP contribution in [0.5, 0.6) is 0 Å². The molecule has 0 bridgehead atoms. The van der Waals surface area contributed by atoms with E-state index >= 15 is 0 Å². The smallest absolute Gasteiger partial charge is 0.319 e. The highest BCUT2D eigenvalue weighted by molar-refractivity contribution is 5.80. The van der Waals surface area contributed by atoms with Crippen molar-refractivity contribution >= 4 is 10.9 Å². The molecular weight excluding hydrogens is 248 g/mol. The van der Waals surface area contributed by atoms with Gasteiger partial charge >= 0.3 is 6.55 Å². The summed E-state index contributed by atoms with van der Waals surface area (Å²) in [6.07, 6.45) is 4.60. The summed E-state index contributed by atoms with van der Waals surface area (Å²) in [5.41, 5.74) is 2.20. The van der Waals surface area contributed by atoms with Gasteiger partial charge in [-0.2, -0.15) is 8.78 Å².